The van der Waals surface area contributed by atoms with Crippen molar-refractivity contribution in [1.82, 2.24) is 0 Å². The first-order valence-corrected chi connectivity index (χ1v) is 4.27. The van der Waals surface area contributed by atoms with Crippen LogP contribution in [0, 0.1) is 0 Å². The zero-order valence-electron chi connectivity index (χ0n) is 7.93. The first-order chi connectivity index (χ1) is 7.00. The molecule has 15 heavy (non-hydrogen) atoms. The predicted molar refractivity (Wildman–Crippen MR) is 48.6 cm³/mol. The molecule has 0 bridgehead atoms. The van der Waals surface area contributed by atoms with E-state index in [1.54, 1.807) is 6.92 Å². The van der Waals surface area contributed by atoms with Crippen molar-refractivity contribution in [2.24, 2.45) is 4.99 Å². The molecule has 0 aliphatic rings. The standard InChI is InChI=1S/C10H8F3NO/c1-2-7-8(10(11,12)13)4-3-5-9(7)14-6-15/h3-5H,2H2,1H3. The minimum Gasteiger partial charge on any atom is -0.211 e. The Kier molecular flexibility index (Phi) is 3.27. The molecular formula is C10H8F3NO. The molecule has 0 atom stereocenters. The molecule has 80 valence electrons. The lowest BCUT2D eigenvalue weighted by Gasteiger charge is -2.12. The quantitative estimate of drug-likeness (QED) is 0.550. The van der Waals surface area contributed by atoms with E-state index in [1.165, 1.54) is 18.2 Å². The number of rotatable bonds is 2. The number of carbonyl (C=O) groups excluding carboxylic acids is 1. The van der Waals surface area contributed by atoms with Gasteiger partial charge in [-0.25, -0.2) is 4.79 Å². The second kappa shape index (κ2) is 4.28. The fourth-order valence-electron chi connectivity index (χ4n) is 1.37. The Morgan fingerprint density at radius 1 is 1.40 bits per heavy atom. The van der Waals surface area contributed by atoms with Gasteiger partial charge in [0.05, 0.1) is 11.3 Å². The van der Waals surface area contributed by atoms with Crippen LogP contribution in [0.4, 0.5) is 18.9 Å². The molecular weight excluding hydrogens is 207 g/mol. The first kappa shape index (κ1) is 11.5. The van der Waals surface area contributed by atoms with Gasteiger partial charge in [0.15, 0.2) is 0 Å². The van der Waals surface area contributed by atoms with Crippen molar-refractivity contribution in [2.45, 2.75) is 19.5 Å². The molecule has 5 heteroatoms. The van der Waals surface area contributed by atoms with Crippen LogP contribution < -0.4 is 0 Å². The van der Waals surface area contributed by atoms with E-state index in [2.05, 4.69) is 4.99 Å². The SMILES string of the molecule is CCc1c(N=C=O)cccc1C(F)(F)F. The third-order valence-corrected chi connectivity index (χ3v) is 1.98. The maximum absolute atomic E-state index is 12.5. The molecule has 0 aliphatic carbocycles. The normalized spacial score (nSPS) is 10.9. The van der Waals surface area contributed by atoms with Crippen molar-refractivity contribution in [3.63, 3.8) is 0 Å². The highest BCUT2D eigenvalue weighted by molar-refractivity contribution is 5.56. The maximum atomic E-state index is 12.5. The van der Waals surface area contributed by atoms with Crippen molar-refractivity contribution in [2.75, 3.05) is 0 Å². The molecule has 0 heterocycles. The van der Waals surface area contributed by atoms with Gasteiger partial charge in [-0.1, -0.05) is 13.0 Å². The van der Waals surface area contributed by atoms with E-state index < -0.39 is 11.7 Å². The van der Waals surface area contributed by atoms with Gasteiger partial charge in [-0.3, -0.25) is 0 Å². The molecule has 0 aliphatic heterocycles. The zero-order chi connectivity index (χ0) is 11.5. The number of hydrogen-bond acceptors (Lipinski definition) is 2. The predicted octanol–water partition coefficient (Wildman–Crippen LogP) is 3.24. The molecule has 0 radical (unpaired) electrons. The van der Waals surface area contributed by atoms with Gasteiger partial charge in [0.25, 0.3) is 0 Å². The Labute approximate surface area is 84.4 Å². The molecule has 0 fully saturated rings. The summed E-state index contributed by atoms with van der Waals surface area (Å²) in [6, 6.07) is 3.56. The van der Waals surface area contributed by atoms with Crippen molar-refractivity contribution < 1.29 is 18.0 Å². The summed E-state index contributed by atoms with van der Waals surface area (Å²) in [6.45, 7) is 1.58. The summed E-state index contributed by atoms with van der Waals surface area (Å²) in [6.07, 6.45) is -3.01. The fourth-order valence-corrected chi connectivity index (χ4v) is 1.37. The van der Waals surface area contributed by atoms with E-state index in [0.29, 0.717) is 0 Å². The van der Waals surface area contributed by atoms with Crippen LogP contribution in [0.2, 0.25) is 0 Å². The van der Waals surface area contributed by atoms with E-state index in [9.17, 15) is 18.0 Å². The van der Waals surface area contributed by atoms with Crippen LogP contribution in [-0.2, 0) is 17.4 Å². The van der Waals surface area contributed by atoms with Crippen LogP contribution in [0.25, 0.3) is 0 Å². The lowest BCUT2D eigenvalue weighted by molar-refractivity contribution is -0.138. The van der Waals surface area contributed by atoms with E-state index in [0.717, 1.165) is 6.07 Å². The molecule has 0 unspecified atom stereocenters. The van der Waals surface area contributed by atoms with Gasteiger partial charge in [0.1, 0.15) is 0 Å². The molecule has 1 aromatic carbocycles. The summed E-state index contributed by atoms with van der Waals surface area (Å²) in [5.41, 5.74) is -0.697. The minimum atomic E-state index is -4.42. The average Bonchev–Trinajstić information content (AvgIpc) is 2.16. The molecule has 2 nitrogen and oxygen atoms in total. The number of halogens is 3. The monoisotopic (exact) mass is 215 g/mol. The van der Waals surface area contributed by atoms with Gasteiger partial charge in [-0.05, 0) is 24.1 Å². The van der Waals surface area contributed by atoms with Crippen LogP contribution in [-0.4, -0.2) is 6.08 Å². The molecule has 0 amide bonds. The largest absolute Gasteiger partial charge is 0.416 e. The molecule has 0 saturated carbocycles. The van der Waals surface area contributed by atoms with Crippen LogP contribution >= 0.6 is 0 Å². The number of alkyl halides is 3. The minimum absolute atomic E-state index is 0.0216. The molecule has 0 aromatic heterocycles. The van der Waals surface area contributed by atoms with E-state index in [4.69, 9.17) is 0 Å². The van der Waals surface area contributed by atoms with Gasteiger partial charge in [0, 0.05) is 0 Å². The first-order valence-electron chi connectivity index (χ1n) is 4.27. The van der Waals surface area contributed by atoms with Crippen LogP contribution in [0.3, 0.4) is 0 Å². The zero-order valence-corrected chi connectivity index (χ0v) is 7.93. The molecule has 1 rings (SSSR count). The van der Waals surface area contributed by atoms with Crippen LogP contribution in [0.1, 0.15) is 18.1 Å². The summed E-state index contributed by atoms with van der Waals surface area (Å²) < 4.78 is 37.5. The Bertz CT molecular complexity index is 406. The number of aliphatic imine (C=N–C) groups is 1. The summed E-state index contributed by atoms with van der Waals surface area (Å²) in [5.74, 6) is 0. The Hall–Kier alpha value is -1.61. The number of benzene rings is 1. The van der Waals surface area contributed by atoms with Gasteiger partial charge in [0.2, 0.25) is 6.08 Å². The van der Waals surface area contributed by atoms with Gasteiger partial charge < -0.3 is 0 Å². The van der Waals surface area contributed by atoms with Gasteiger partial charge >= 0.3 is 6.18 Å². The van der Waals surface area contributed by atoms with Crippen molar-refractivity contribution in [3.05, 3.63) is 29.3 Å². The number of hydrogen-bond donors (Lipinski definition) is 0. The van der Waals surface area contributed by atoms with Crippen molar-refractivity contribution >= 4 is 11.8 Å². The van der Waals surface area contributed by atoms with Crippen molar-refractivity contribution in [3.8, 4) is 0 Å². The Morgan fingerprint density at radius 2 is 2.07 bits per heavy atom. The highest BCUT2D eigenvalue weighted by atomic mass is 19.4. The lowest BCUT2D eigenvalue weighted by Crippen LogP contribution is -2.08. The molecule has 1 aromatic rings. The summed E-state index contributed by atoms with van der Waals surface area (Å²) in [5, 5.41) is 0. The molecule has 0 spiro atoms. The Morgan fingerprint density at radius 3 is 2.53 bits per heavy atom. The van der Waals surface area contributed by atoms with Gasteiger partial charge in [-0.2, -0.15) is 18.2 Å². The third-order valence-electron chi connectivity index (χ3n) is 1.98. The summed E-state index contributed by atoms with van der Waals surface area (Å²) in [4.78, 5) is 13.3. The molecule has 0 saturated heterocycles. The second-order valence-electron chi connectivity index (χ2n) is 2.86. The number of nitrogens with zero attached hydrogens (tertiary/aromatic N) is 1. The van der Waals surface area contributed by atoms with E-state index in [-0.39, 0.29) is 17.7 Å². The topological polar surface area (TPSA) is 29.4 Å². The van der Waals surface area contributed by atoms with Gasteiger partial charge in [-0.15, -0.1) is 0 Å². The highest BCUT2D eigenvalue weighted by Gasteiger charge is 2.33. The maximum Gasteiger partial charge on any atom is 0.416 e. The average molecular weight is 215 g/mol. The van der Waals surface area contributed by atoms with Crippen LogP contribution in [0.5, 0.6) is 0 Å². The molecule has 0 N–H and O–H groups in total. The second-order valence-corrected chi connectivity index (χ2v) is 2.86. The van der Waals surface area contributed by atoms with Crippen LogP contribution in [0.15, 0.2) is 23.2 Å². The fraction of sp³-hybridized carbons (Fsp3) is 0.300. The highest BCUT2D eigenvalue weighted by Crippen LogP contribution is 2.36. The summed E-state index contributed by atoms with van der Waals surface area (Å²) in [7, 11) is 0. The van der Waals surface area contributed by atoms with E-state index in [1.807, 2.05) is 0 Å². The Balaban J connectivity index is 3.41. The lowest BCUT2D eigenvalue weighted by atomic mass is 10.0. The summed E-state index contributed by atoms with van der Waals surface area (Å²) >= 11 is 0. The number of isocyanates is 1. The van der Waals surface area contributed by atoms with Crippen molar-refractivity contribution in [1.29, 1.82) is 0 Å². The smallest absolute Gasteiger partial charge is 0.211 e. The van der Waals surface area contributed by atoms with E-state index >= 15 is 0 Å². The third kappa shape index (κ3) is 2.44.